The molecule has 2 aromatic rings. The summed E-state index contributed by atoms with van der Waals surface area (Å²) in [7, 11) is 5.99. The molecule has 0 fully saturated rings. The Morgan fingerprint density at radius 1 is 1.12 bits per heavy atom. The summed E-state index contributed by atoms with van der Waals surface area (Å²) in [5.74, 6) is 0.836. The molecule has 4 nitrogen and oxygen atoms in total. The molecule has 0 bridgehead atoms. The Morgan fingerprint density at radius 3 is 2.46 bits per heavy atom. The molecule has 0 aliphatic rings. The van der Waals surface area contributed by atoms with Crippen molar-refractivity contribution >= 4 is 41.3 Å². The molecule has 0 aliphatic carbocycles. The summed E-state index contributed by atoms with van der Waals surface area (Å²) in [5.41, 5.74) is 2.67. The van der Waals surface area contributed by atoms with Crippen molar-refractivity contribution in [1.29, 1.82) is 0 Å². The lowest BCUT2D eigenvalue weighted by molar-refractivity contribution is 0.402. The van der Waals surface area contributed by atoms with Crippen molar-refractivity contribution in [3.8, 4) is 0 Å². The minimum Gasteiger partial charge on any atom is -0.356 e. The molecular formula is C20H31IN4S. The van der Waals surface area contributed by atoms with Crippen LogP contribution < -0.4 is 10.6 Å². The van der Waals surface area contributed by atoms with E-state index >= 15 is 0 Å². The summed E-state index contributed by atoms with van der Waals surface area (Å²) in [6, 6.07) is 13.0. The Hall–Kier alpha value is -1.12. The lowest BCUT2D eigenvalue weighted by Crippen LogP contribution is -2.42. The Morgan fingerprint density at radius 2 is 1.85 bits per heavy atom. The van der Waals surface area contributed by atoms with Crippen LogP contribution in [0.1, 0.15) is 29.9 Å². The van der Waals surface area contributed by atoms with Gasteiger partial charge in [0, 0.05) is 37.0 Å². The van der Waals surface area contributed by atoms with Gasteiger partial charge in [-0.15, -0.1) is 35.3 Å². The topological polar surface area (TPSA) is 39.7 Å². The maximum atomic E-state index is 4.35. The van der Waals surface area contributed by atoms with Gasteiger partial charge in [-0.3, -0.25) is 4.99 Å². The number of rotatable bonds is 7. The van der Waals surface area contributed by atoms with Crippen LogP contribution in [-0.4, -0.2) is 38.5 Å². The highest BCUT2D eigenvalue weighted by atomic mass is 127. The van der Waals surface area contributed by atoms with Gasteiger partial charge in [0.2, 0.25) is 0 Å². The van der Waals surface area contributed by atoms with E-state index in [1.807, 2.05) is 7.05 Å². The normalized spacial score (nSPS) is 12.0. The van der Waals surface area contributed by atoms with Crippen molar-refractivity contribution < 1.29 is 0 Å². The molecule has 1 heterocycles. The summed E-state index contributed by atoms with van der Waals surface area (Å²) in [4.78, 5) is 7.91. The maximum absolute atomic E-state index is 4.35. The number of nitrogens with zero attached hydrogens (tertiary/aromatic N) is 2. The van der Waals surface area contributed by atoms with E-state index in [-0.39, 0.29) is 29.4 Å². The van der Waals surface area contributed by atoms with Gasteiger partial charge in [0.25, 0.3) is 0 Å². The number of halogens is 1. The zero-order valence-corrected chi connectivity index (χ0v) is 19.5. The van der Waals surface area contributed by atoms with Crippen LogP contribution in [0.3, 0.4) is 0 Å². The second-order valence-corrected chi connectivity index (χ2v) is 8.15. The molecule has 0 saturated carbocycles. The first-order valence-corrected chi connectivity index (χ1v) is 9.50. The maximum Gasteiger partial charge on any atom is 0.191 e. The predicted molar refractivity (Wildman–Crippen MR) is 125 cm³/mol. The third-order valence-corrected chi connectivity index (χ3v) is 5.30. The van der Waals surface area contributed by atoms with Gasteiger partial charge in [0.05, 0.1) is 0 Å². The van der Waals surface area contributed by atoms with Crippen LogP contribution in [0.25, 0.3) is 0 Å². The Labute approximate surface area is 179 Å². The summed E-state index contributed by atoms with van der Waals surface area (Å²) in [6.45, 7) is 7.07. The van der Waals surface area contributed by atoms with Crippen molar-refractivity contribution in [3.05, 3.63) is 57.8 Å². The lowest BCUT2D eigenvalue weighted by Gasteiger charge is -2.25. The van der Waals surface area contributed by atoms with Gasteiger partial charge in [-0.05, 0) is 36.7 Å². The summed E-state index contributed by atoms with van der Waals surface area (Å²) in [6.07, 6.45) is 0. The van der Waals surface area contributed by atoms with Crippen LogP contribution in [0.15, 0.2) is 46.8 Å². The molecule has 1 aromatic carbocycles. The second-order valence-electron chi connectivity index (χ2n) is 7.20. The number of hydrogen-bond acceptors (Lipinski definition) is 3. The SMILES string of the molecule is CN=C(NCc1cccc(CN(C)C)c1)NCC(C)(C)c1cccs1.I. The number of nitrogens with one attached hydrogen (secondary N) is 2. The smallest absolute Gasteiger partial charge is 0.191 e. The van der Waals surface area contributed by atoms with E-state index in [0.717, 1.165) is 25.6 Å². The minimum absolute atomic E-state index is 0. The van der Waals surface area contributed by atoms with Crippen molar-refractivity contribution in [2.45, 2.75) is 32.4 Å². The highest BCUT2D eigenvalue weighted by molar-refractivity contribution is 14.0. The molecule has 2 rings (SSSR count). The van der Waals surface area contributed by atoms with Crippen LogP contribution in [0.2, 0.25) is 0 Å². The molecule has 0 spiro atoms. The zero-order valence-electron chi connectivity index (χ0n) is 16.4. The van der Waals surface area contributed by atoms with E-state index in [0.29, 0.717) is 0 Å². The molecule has 0 amide bonds. The Kier molecular flexibility index (Phi) is 9.60. The van der Waals surface area contributed by atoms with Crippen LogP contribution in [0, 0.1) is 0 Å². The van der Waals surface area contributed by atoms with Crippen molar-refractivity contribution in [1.82, 2.24) is 15.5 Å². The lowest BCUT2D eigenvalue weighted by atomic mass is 9.91. The van der Waals surface area contributed by atoms with Crippen LogP contribution >= 0.6 is 35.3 Å². The van der Waals surface area contributed by atoms with Crippen LogP contribution in [0.5, 0.6) is 0 Å². The van der Waals surface area contributed by atoms with E-state index in [4.69, 9.17) is 0 Å². The average Bonchev–Trinajstić information content (AvgIpc) is 3.10. The fourth-order valence-corrected chi connectivity index (χ4v) is 3.52. The fraction of sp³-hybridized carbons (Fsp3) is 0.450. The third kappa shape index (κ3) is 7.25. The molecule has 144 valence electrons. The van der Waals surface area contributed by atoms with E-state index in [2.05, 4.69) is 90.2 Å². The Balaban J connectivity index is 0.00000338. The number of thiophene rings is 1. The second kappa shape index (κ2) is 10.9. The molecule has 0 unspecified atom stereocenters. The molecule has 26 heavy (non-hydrogen) atoms. The molecule has 0 aliphatic heterocycles. The molecule has 0 atom stereocenters. The molecular weight excluding hydrogens is 455 g/mol. The first kappa shape index (κ1) is 22.9. The van der Waals surface area contributed by atoms with E-state index in [1.165, 1.54) is 16.0 Å². The largest absolute Gasteiger partial charge is 0.356 e. The Bertz CT molecular complexity index is 681. The highest BCUT2D eigenvalue weighted by Crippen LogP contribution is 2.26. The van der Waals surface area contributed by atoms with E-state index in [9.17, 15) is 0 Å². The standard InChI is InChI=1S/C20H30N4S.HI/c1-20(2,18-10-7-11-25-18)15-23-19(21-3)22-13-16-8-6-9-17(12-16)14-24(4)5;/h6-12H,13-15H2,1-5H3,(H2,21,22,23);1H. The summed E-state index contributed by atoms with van der Waals surface area (Å²) in [5, 5.41) is 9.00. The number of aliphatic imine (C=N–C) groups is 1. The van der Waals surface area contributed by atoms with Gasteiger partial charge in [-0.25, -0.2) is 0 Å². The monoisotopic (exact) mass is 486 g/mol. The third-order valence-electron chi connectivity index (χ3n) is 4.06. The average molecular weight is 486 g/mol. The van der Waals surface area contributed by atoms with Gasteiger partial charge in [0.1, 0.15) is 0 Å². The number of hydrogen-bond donors (Lipinski definition) is 2. The van der Waals surface area contributed by atoms with Gasteiger partial charge < -0.3 is 15.5 Å². The van der Waals surface area contributed by atoms with Gasteiger partial charge >= 0.3 is 0 Å². The molecule has 2 N–H and O–H groups in total. The van der Waals surface area contributed by atoms with Crippen molar-refractivity contribution in [2.24, 2.45) is 4.99 Å². The van der Waals surface area contributed by atoms with Crippen molar-refractivity contribution in [3.63, 3.8) is 0 Å². The van der Waals surface area contributed by atoms with Gasteiger partial charge in [-0.2, -0.15) is 0 Å². The molecule has 0 radical (unpaired) electrons. The summed E-state index contributed by atoms with van der Waals surface area (Å²) >= 11 is 1.80. The molecule has 1 aromatic heterocycles. The quantitative estimate of drug-likeness (QED) is 0.352. The van der Waals surface area contributed by atoms with Crippen LogP contribution in [-0.2, 0) is 18.5 Å². The highest BCUT2D eigenvalue weighted by Gasteiger charge is 2.21. The van der Waals surface area contributed by atoms with E-state index in [1.54, 1.807) is 11.3 Å². The van der Waals surface area contributed by atoms with Gasteiger partial charge in [-0.1, -0.05) is 44.2 Å². The first-order valence-electron chi connectivity index (χ1n) is 8.62. The zero-order chi connectivity index (χ0) is 18.3. The number of benzene rings is 1. The molecule has 0 saturated heterocycles. The minimum atomic E-state index is 0. The van der Waals surface area contributed by atoms with Crippen molar-refractivity contribution in [2.75, 3.05) is 27.7 Å². The predicted octanol–water partition coefficient (Wildman–Crippen LogP) is 4.07. The summed E-state index contributed by atoms with van der Waals surface area (Å²) < 4.78 is 0. The van der Waals surface area contributed by atoms with Crippen LogP contribution in [0.4, 0.5) is 0 Å². The first-order chi connectivity index (χ1) is 11.9. The molecule has 6 heteroatoms. The van der Waals surface area contributed by atoms with E-state index < -0.39 is 0 Å². The number of guanidine groups is 1. The fourth-order valence-electron chi connectivity index (χ4n) is 2.66. The van der Waals surface area contributed by atoms with Gasteiger partial charge in [0.15, 0.2) is 5.96 Å².